The quantitative estimate of drug-likeness (QED) is 0.759. The molecule has 0 aromatic carbocycles. The Kier molecular flexibility index (Phi) is 6.68. The molecule has 2 amide bonds. The summed E-state index contributed by atoms with van der Waals surface area (Å²) < 4.78 is 10.0. The van der Waals surface area contributed by atoms with Gasteiger partial charge < -0.3 is 19.8 Å². The number of hydrogen-bond donors (Lipinski definition) is 2. The minimum Gasteiger partial charge on any atom is -0.481 e. The first-order valence-corrected chi connectivity index (χ1v) is 8.67. The van der Waals surface area contributed by atoms with Crippen molar-refractivity contribution in [1.82, 2.24) is 10.3 Å². The molecule has 0 saturated heterocycles. The zero-order valence-corrected chi connectivity index (χ0v) is 14.3. The monoisotopic (exact) mass is 349 g/mol. The van der Waals surface area contributed by atoms with Crippen LogP contribution >= 0.6 is 11.8 Å². The molecule has 2 rings (SSSR count). The summed E-state index contributed by atoms with van der Waals surface area (Å²) in [6, 6.07) is 5.83. The Balaban J connectivity index is 2.02. The number of rotatable bonds is 8. The van der Waals surface area contributed by atoms with Gasteiger partial charge in [0.05, 0.1) is 25.3 Å². The van der Waals surface area contributed by atoms with Crippen molar-refractivity contribution in [2.75, 3.05) is 24.4 Å². The van der Waals surface area contributed by atoms with Crippen molar-refractivity contribution in [1.29, 1.82) is 0 Å². The molecule has 8 heteroatoms. The first-order valence-electron chi connectivity index (χ1n) is 7.28. The molecule has 2 heterocycles. The summed E-state index contributed by atoms with van der Waals surface area (Å²) in [5, 5.41) is 5.43. The maximum absolute atomic E-state index is 12.5. The molecule has 0 fully saturated rings. The lowest BCUT2D eigenvalue weighted by atomic mass is 10.2. The van der Waals surface area contributed by atoms with Gasteiger partial charge in [0.1, 0.15) is 6.04 Å². The summed E-state index contributed by atoms with van der Waals surface area (Å²) in [4.78, 5) is 28.6. The van der Waals surface area contributed by atoms with Crippen LogP contribution < -0.4 is 15.4 Å². The summed E-state index contributed by atoms with van der Waals surface area (Å²) >= 11 is 1.60. The smallest absolute Gasteiger partial charge is 0.287 e. The summed E-state index contributed by atoms with van der Waals surface area (Å²) in [6.07, 6.45) is 5.35. The van der Waals surface area contributed by atoms with Gasteiger partial charge in [-0.15, -0.1) is 0 Å². The van der Waals surface area contributed by atoms with E-state index in [1.54, 1.807) is 36.0 Å². The molecule has 7 nitrogen and oxygen atoms in total. The minimum atomic E-state index is -0.669. The molecule has 0 spiro atoms. The number of pyridine rings is 1. The summed E-state index contributed by atoms with van der Waals surface area (Å²) in [6.45, 7) is 0. The molecule has 128 valence electrons. The van der Waals surface area contributed by atoms with Crippen LogP contribution in [0.5, 0.6) is 5.88 Å². The number of ether oxygens (including phenoxy) is 1. The van der Waals surface area contributed by atoms with E-state index in [4.69, 9.17) is 9.15 Å². The Morgan fingerprint density at radius 1 is 1.38 bits per heavy atom. The van der Waals surface area contributed by atoms with Crippen molar-refractivity contribution in [2.45, 2.75) is 12.5 Å². The highest BCUT2D eigenvalue weighted by atomic mass is 32.2. The van der Waals surface area contributed by atoms with Crippen LogP contribution in [-0.4, -0.2) is 42.0 Å². The normalized spacial score (nSPS) is 11.6. The predicted molar refractivity (Wildman–Crippen MR) is 92.4 cm³/mol. The van der Waals surface area contributed by atoms with E-state index in [1.165, 1.54) is 19.6 Å². The van der Waals surface area contributed by atoms with Gasteiger partial charge in [0.2, 0.25) is 11.8 Å². The second kappa shape index (κ2) is 8.97. The Bertz CT molecular complexity index is 658. The Morgan fingerprint density at radius 2 is 2.21 bits per heavy atom. The molecule has 1 atom stereocenters. The van der Waals surface area contributed by atoms with E-state index in [-0.39, 0.29) is 11.7 Å². The Morgan fingerprint density at radius 3 is 2.79 bits per heavy atom. The maximum atomic E-state index is 12.5. The molecule has 0 bridgehead atoms. The number of amides is 2. The molecular formula is C16H19N3O4S. The number of anilines is 1. The first kappa shape index (κ1) is 17.9. The van der Waals surface area contributed by atoms with Crippen molar-refractivity contribution in [3.8, 4) is 5.88 Å². The maximum Gasteiger partial charge on any atom is 0.287 e. The fourth-order valence-corrected chi connectivity index (χ4v) is 2.42. The SMILES string of the molecule is COc1ccc(NC(=O)[C@@H](CCSC)NC(=O)c2ccco2)cn1. The van der Waals surface area contributed by atoms with Crippen molar-refractivity contribution >= 4 is 29.3 Å². The lowest BCUT2D eigenvalue weighted by Crippen LogP contribution is -2.44. The third-order valence-corrected chi connectivity index (χ3v) is 3.83. The number of thioether (sulfide) groups is 1. The number of aromatic nitrogens is 1. The predicted octanol–water partition coefficient (Wildman–Crippen LogP) is 2.17. The zero-order valence-electron chi connectivity index (χ0n) is 13.4. The highest BCUT2D eigenvalue weighted by Gasteiger charge is 2.22. The van der Waals surface area contributed by atoms with Crippen molar-refractivity contribution in [3.05, 3.63) is 42.5 Å². The van der Waals surface area contributed by atoms with Gasteiger partial charge in [-0.2, -0.15) is 11.8 Å². The molecule has 0 saturated carbocycles. The average Bonchev–Trinajstić information content (AvgIpc) is 3.13. The molecule has 0 unspecified atom stereocenters. The third kappa shape index (κ3) is 5.02. The second-order valence-electron chi connectivity index (χ2n) is 4.86. The lowest BCUT2D eigenvalue weighted by Gasteiger charge is -2.17. The summed E-state index contributed by atoms with van der Waals surface area (Å²) in [7, 11) is 1.52. The second-order valence-corrected chi connectivity index (χ2v) is 5.85. The number of furan rings is 1. The molecule has 0 radical (unpaired) electrons. The Hall–Kier alpha value is -2.48. The minimum absolute atomic E-state index is 0.170. The van der Waals surface area contributed by atoms with Crippen LogP contribution in [0.1, 0.15) is 17.0 Å². The van der Waals surface area contributed by atoms with Gasteiger partial charge in [-0.05, 0) is 36.6 Å². The summed E-state index contributed by atoms with van der Waals surface area (Å²) in [5.41, 5.74) is 0.530. The number of hydrogen-bond acceptors (Lipinski definition) is 6. The van der Waals surface area contributed by atoms with E-state index in [2.05, 4.69) is 15.6 Å². The van der Waals surface area contributed by atoms with E-state index in [0.29, 0.717) is 18.0 Å². The van der Waals surface area contributed by atoms with E-state index < -0.39 is 11.9 Å². The number of methoxy groups -OCH3 is 1. The van der Waals surface area contributed by atoms with Gasteiger partial charge in [0, 0.05) is 6.07 Å². The van der Waals surface area contributed by atoms with Crippen molar-refractivity contribution in [2.24, 2.45) is 0 Å². The lowest BCUT2D eigenvalue weighted by molar-refractivity contribution is -0.118. The van der Waals surface area contributed by atoms with E-state index in [0.717, 1.165) is 5.75 Å². The topological polar surface area (TPSA) is 93.5 Å². The van der Waals surface area contributed by atoms with E-state index in [9.17, 15) is 9.59 Å². The zero-order chi connectivity index (χ0) is 17.4. The van der Waals surface area contributed by atoms with Gasteiger partial charge in [-0.1, -0.05) is 0 Å². The molecule has 0 aliphatic heterocycles. The van der Waals surface area contributed by atoms with Crippen molar-refractivity contribution in [3.63, 3.8) is 0 Å². The third-order valence-electron chi connectivity index (χ3n) is 3.19. The van der Waals surface area contributed by atoms with Crippen LogP contribution in [0.25, 0.3) is 0 Å². The van der Waals surface area contributed by atoms with Crippen LogP contribution in [0, 0.1) is 0 Å². The van der Waals surface area contributed by atoms with Crippen LogP contribution in [0.3, 0.4) is 0 Å². The van der Waals surface area contributed by atoms with Gasteiger partial charge in [0.25, 0.3) is 5.91 Å². The molecule has 2 N–H and O–H groups in total. The molecule has 2 aromatic rings. The van der Waals surface area contributed by atoms with Crippen molar-refractivity contribution < 1.29 is 18.7 Å². The van der Waals surface area contributed by atoms with Crippen LogP contribution in [0.2, 0.25) is 0 Å². The van der Waals surface area contributed by atoms with Gasteiger partial charge in [-0.25, -0.2) is 4.98 Å². The van der Waals surface area contributed by atoms with Gasteiger partial charge in [0.15, 0.2) is 5.76 Å². The highest BCUT2D eigenvalue weighted by Crippen LogP contribution is 2.12. The first-order chi connectivity index (χ1) is 11.6. The number of nitrogens with zero attached hydrogens (tertiary/aromatic N) is 1. The van der Waals surface area contributed by atoms with Crippen LogP contribution in [-0.2, 0) is 4.79 Å². The van der Waals surface area contributed by atoms with Crippen LogP contribution in [0.15, 0.2) is 41.1 Å². The molecule has 0 aliphatic rings. The Labute approximate surface area is 144 Å². The molecule has 24 heavy (non-hydrogen) atoms. The highest BCUT2D eigenvalue weighted by molar-refractivity contribution is 7.98. The molecule has 0 aliphatic carbocycles. The number of nitrogens with one attached hydrogen (secondary N) is 2. The van der Waals surface area contributed by atoms with Crippen LogP contribution in [0.4, 0.5) is 5.69 Å². The molecular weight excluding hydrogens is 330 g/mol. The fourth-order valence-electron chi connectivity index (χ4n) is 1.95. The molecule has 2 aromatic heterocycles. The average molecular weight is 349 g/mol. The number of carbonyl (C=O) groups excluding carboxylic acids is 2. The fraction of sp³-hybridized carbons (Fsp3) is 0.312. The van der Waals surface area contributed by atoms with Gasteiger partial charge >= 0.3 is 0 Å². The largest absolute Gasteiger partial charge is 0.481 e. The van der Waals surface area contributed by atoms with Gasteiger partial charge in [-0.3, -0.25) is 9.59 Å². The summed E-state index contributed by atoms with van der Waals surface area (Å²) in [5.74, 6) is 0.628. The standard InChI is InChI=1S/C16H19N3O4S/c1-22-14-6-5-11(10-17-14)18-15(20)12(7-9-24-2)19-16(21)13-4-3-8-23-13/h3-6,8,10,12H,7,9H2,1-2H3,(H,18,20)(H,19,21)/t12-/m1/s1. The van der Waals surface area contributed by atoms with E-state index >= 15 is 0 Å². The number of carbonyl (C=O) groups is 2. The van der Waals surface area contributed by atoms with E-state index in [1.807, 2.05) is 6.26 Å².